The van der Waals surface area contributed by atoms with Gasteiger partial charge in [-0.15, -0.1) is 0 Å². The summed E-state index contributed by atoms with van der Waals surface area (Å²) in [5.41, 5.74) is 2.80. The number of hydrogen-bond acceptors (Lipinski definition) is 5. The molecule has 4 aromatic carbocycles. The number of sulfonamides is 1. The van der Waals surface area contributed by atoms with Crippen molar-refractivity contribution in [2.45, 2.75) is 31.1 Å². The molecule has 8 nitrogen and oxygen atoms in total. The third kappa shape index (κ3) is 6.32. The zero-order valence-corrected chi connectivity index (χ0v) is 24.0. The molecule has 2 amide bonds. The fraction of sp³-hybridized carbons (Fsp3) is 0.182. The van der Waals surface area contributed by atoms with Gasteiger partial charge in [-0.05, 0) is 68.3 Å². The molecule has 4 aromatic rings. The molecule has 5 rings (SSSR count). The number of aryl methyl sites for hydroxylation is 1. The van der Waals surface area contributed by atoms with Gasteiger partial charge in [0.2, 0.25) is 10.0 Å². The molecule has 0 aromatic heterocycles. The topological polar surface area (TPSA) is 113 Å². The number of rotatable bonds is 8. The van der Waals surface area contributed by atoms with Crippen molar-refractivity contribution >= 4 is 39.0 Å². The largest absolute Gasteiger partial charge is 0.321 e. The highest BCUT2D eigenvalue weighted by atomic mass is 32.2. The first-order chi connectivity index (χ1) is 20.2. The number of nitrogens with zero attached hydrogens (tertiary/aromatic N) is 1. The molecule has 0 radical (unpaired) electrons. The third-order valence-corrected chi connectivity index (χ3v) is 9.11. The molecule has 214 valence electrons. The monoisotopic (exact) mass is 581 g/mol. The van der Waals surface area contributed by atoms with Crippen molar-refractivity contribution in [3.05, 3.63) is 125 Å². The van der Waals surface area contributed by atoms with Gasteiger partial charge in [-0.1, -0.05) is 60.5 Å². The van der Waals surface area contributed by atoms with Gasteiger partial charge in [0, 0.05) is 29.8 Å². The second kappa shape index (κ2) is 12.5. The van der Waals surface area contributed by atoms with Crippen LogP contribution in [-0.2, 0) is 10.0 Å². The minimum atomic E-state index is -3.62. The summed E-state index contributed by atoms with van der Waals surface area (Å²) < 4.78 is 27.4. The first-order valence-electron chi connectivity index (χ1n) is 13.8. The van der Waals surface area contributed by atoms with Gasteiger partial charge in [0.1, 0.15) is 0 Å². The zero-order chi connectivity index (χ0) is 29.7. The van der Waals surface area contributed by atoms with Crippen LogP contribution in [0, 0.1) is 6.92 Å². The first kappa shape index (κ1) is 28.9. The molecule has 0 atom stereocenters. The highest BCUT2D eigenvalue weighted by Crippen LogP contribution is 2.25. The normalized spacial score (nSPS) is 13.7. The fourth-order valence-electron chi connectivity index (χ4n) is 4.91. The summed E-state index contributed by atoms with van der Waals surface area (Å²) >= 11 is 0. The molecular weight excluding hydrogens is 550 g/mol. The van der Waals surface area contributed by atoms with Gasteiger partial charge in [0.05, 0.1) is 21.8 Å². The summed E-state index contributed by atoms with van der Waals surface area (Å²) in [6.07, 6.45) is 2.69. The maximum absolute atomic E-state index is 13.4. The van der Waals surface area contributed by atoms with Crippen LogP contribution in [0.3, 0.4) is 0 Å². The third-order valence-electron chi connectivity index (χ3n) is 7.19. The van der Waals surface area contributed by atoms with Crippen LogP contribution >= 0.6 is 0 Å². The average molecular weight is 582 g/mol. The molecule has 2 N–H and O–H groups in total. The predicted molar refractivity (Wildman–Crippen MR) is 162 cm³/mol. The van der Waals surface area contributed by atoms with E-state index in [0.29, 0.717) is 29.9 Å². The van der Waals surface area contributed by atoms with E-state index in [1.165, 1.54) is 28.6 Å². The molecule has 42 heavy (non-hydrogen) atoms. The summed E-state index contributed by atoms with van der Waals surface area (Å²) in [4.78, 5) is 39.9. The van der Waals surface area contributed by atoms with Crippen LogP contribution in [0.25, 0.3) is 0 Å². The van der Waals surface area contributed by atoms with Crippen molar-refractivity contribution in [3.63, 3.8) is 0 Å². The second-order valence-corrected chi connectivity index (χ2v) is 12.1. The van der Waals surface area contributed by atoms with Crippen molar-refractivity contribution in [2.75, 3.05) is 23.7 Å². The lowest BCUT2D eigenvalue weighted by Gasteiger charge is -2.25. The zero-order valence-electron chi connectivity index (χ0n) is 23.2. The number of benzene rings is 4. The lowest BCUT2D eigenvalue weighted by atomic mass is 9.99. The van der Waals surface area contributed by atoms with Gasteiger partial charge in [-0.25, -0.2) is 8.42 Å². The smallest absolute Gasteiger partial charge is 0.257 e. The molecule has 0 saturated carbocycles. The first-order valence-corrected chi connectivity index (χ1v) is 15.2. The Morgan fingerprint density at radius 1 is 0.643 bits per heavy atom. The van der Waals surface area contributed by atoms with Crippen molar-refractivity contribution < 1.29 is 22.8 Å². The van der Waals surface area contributed by atoms with Gasteiger partial charge < -0.3 is 10.6 Å². The van der Waals surface area contributed by atoms with Crippen molar-refractivity contribution in [1.82, 2.24) is 4.31 Å². The van der Waals surface area contributed by atoms with Gasteiger partial charge in [-0.2, -0.15) is 4.31 Å². The maximum Gasteiger partial charge on any atom is 0.257 e. The minimum Gasteiger partial charge on any atom is -0.321 e. The van der Waals surface area contributed by atoms with E-state index < -0.39 is 21.8 Å². The Hall–Kier alpha value is -4.60. The van der Waals surface area contributed by atoms with E-state index in [4.69, 9.17) is 0 Å². The maximum atomic E-state index is 13.4. The molecule has 0 unspecified atom stereocenters. The van der Waals surface area contributed by atoms with Crippen molar-refractivity contribution in [1.29, 1.82) is 0 Å². The Balaban J connectivity index is 1.33. The number of amides is 2. The van der Waals surface area contributed by atoms with Crippen LogP contribution in [0.15, 0.2) is 102 Å². The Bertz CT molecular complexity index is 1730. The Labute approximate surface area is 245 Å². The number of nitrogens with one attached hydrogen (secondary N) is 2. The summed E-state index contributed by atoms with van der Waals surface area (Å²) in [5.74, 6) is -1.21. The molecule has 1 saturated heterocycles. The Morgan fingerprint density at radius 3 is 1.98 bits per heavy atom. The number of piperidine rings is 1. The van der Waals surface area contributed by atoms with Crippen molar-refractivity contribution in [2.24, 2.45) is 0 Å². The van der Waals surface area contributed by atoms with Crippen LogP contribution in [0.1, 0.15) is 61.5 Å². The lowest BCUT2D eigenvalue weighted by Crippen LogP contribution is -2.35. The SMILES string of the molecule is Cc1ccc(NC(=O)c2ccccc2NC(=O)c2ccc(S(=O)(=O)N3CCCCC3)cc2)c(C(=O)c2ccccc2)c1. The molecule has 0 bridgehead atoms. The highest BCUT2D eigenvalue weighted by Gasteiger charge is 2.26. The molecule has 1 aliphatic heterocycles. The number of carbonyl (C=O) groups is 3. The Kier molecular flexibility index (Phi) is 8.61. The number of carbonyl (C=O) groups excluding carboxylic acids is 3. The van der Waals surface area contributed by atoms with E-state index in [1.807, 2.05) is 13.0 Å². The standard InChI is InChI=1S/C33H31N3O5S/c1-23-14-19-30(28(22-23)31(37)24-10-4-2-5-11-24)35-33(39)27-12-6-7-13-29(27)34-32(38)25-15-17-26(18-16-25)42(40,41)36-20-8-3-9-21-36/h2,4-7,10-19,22H,3,8-9,20-21H2,1H3,(H,34,38)(H,35,39). The van der Waals surface area contributed by atoms with Gasteiger partial charge in [0.15, 0.2) is 5.78 Å². The van der Waals surface area contributed by atoms with E-state index in [0.717, 1.165) is 24.8 Å². The van der Waals surface area contributed by atoms with E-state index >= 15 is 0 Å². The van der Waals surface area contributed by atoms with E-state index in [-0.39, 0.29) is 27.5 Å². The summed E-state index contributed by atoms with van der Waals surface area (Å²) in [6.45, 7) is 2.86. The number of para-hydroxylation sites is 1. The molecule has 1 aliphatic rings. The molecule has 1 heterocycles. The molecule has 0 aliphatic carbocycles. The second-order valence-electron chi connectivity index (χ2n) is 10.2. The molecule has 9 heteroatoms. The average Bonchev–Trinajstić information content (AvgIpc) is 3.02. The van der Waals surface area contributed by atoms with E-state index in [2.05, 4.69) is 10.6 Å². The number of anilines is 2. The predicted octanol–water partition coefficient (Wildman–Crippen LogP) is 5.91. The number of hydrogen-bond donors (Lipinski definition) is 2. The summed E-state index contributed by atoms with van der Waals surface area (Å²) in [6, 6.07) is 26.4. The van der Waals surface area contributed by atoms with Gasteiger partial charge in [-0.3, -0.25) is 14.4 Å². The van der Waals surface area contributed by atoms with Crippen LogP contribution in [0.5, 0.6) is 0 Å². The molecular formula is C33H31N3O5S. The number of ketones is 1. The fourth-order valence-corrected chi connectivity index (χ4v) is 6.42. The van der Waals surface area contributed by atoms with Gasteiger partial charge in [0.25, 0.3) is 11.8 Å². The van der Waals surface area contributed by atoms with Gasteiger partial charge >= 0.3 is 0 Å². The van der Waals surface area contributed by atoms with E-state index in [1.54, 1.807) is 66.7 Å². The van der Waals surface area contributed by atoms with Crippen molar-refractivity contribution in [3.8, 4) is 0 Å². The minimum absolute atomic E-state index is 0.139. The molecule has 1 fully saturated rings. The molecule has 0 spiro atoms. The van der Waals surface area contributed by atoms with Crippen LogP contribution in [0.2, 0.25) is 0 Å². The van der Waals surface area contributed by atoms with Crippen LogP contribution in [-0.4, -0.2) is 43.4 Å². The highest BCUT2D eigenvalue weighted by molar-refractivity contribution is 7.89. The Morgan fingerprint density at radius 2 is 1.26 bits per heavy atom. The summed E-state index contributed by atoms with van der Waals surface area (Å²) in [7, 11) is -3.62. The van der Waals surface area contributed by atoms with Crippen LogP contribution < -0.4 is 10.6 Å². The lowest BCUT2D eigenvalue weighted by molar-refractivity contribution is 0.102. The quantitative estimate of drug-likeness (QED) is 0.252. The van der Waals surface area contributed by atoms with E-state index in [9.17, 15) is 22.8 Å². The summed E-state index contributed by atoms with van der Waals surface area (Å²) in [5, 5.41) is 5.59. The van der Waals surface area contributed by atoms with Crippen LogP contribution in [0.4, 0.5) is 11.4 Å².